The van der Waals surface area contributed by atoms with Crippen LogP contribution in [0.3, 0.4) is 0 Å². The summed E-state index contributed by atoms with van der Waals surface area (Å²) in [6, 6.07) is 18.7. The van der Waals surface area contributed by atoms with Crippen LogP contribution in [-0.2, 0) is 27.8 Å². The van der Waals surface area contributed by atoms with Crippen molar-refractivity contribution >= 4 is 16.1 Å². The summed E-state index contributed by atoms with van der Waals surface area (Å²) < 4.78 is 32.2. The molecular formula is C20H26N2O4S. The minimum atomic E-state index is -3.75. The Morgan fingerprint density at radius 3 is 1.78 bits per heavy atom. The number of hydrogen-bond acceptors (Lipinski definition) is 4. The number of alkyl carbamates (subject to hydrolysis) is 1. The molecule has 1 N–H and O–H groups in total. The second kappa shape index (κ2) is 9.01. The predicted molar refractivity (Wildman–Crippen MR) is 105 cm³/mol. The van der Waals surface area contributed by atoms with E-state index < -0.39 is 27.6 Å². The molecule has 146 valence electrons. The van der Waals surface area contributed by atoms with Crippen molar-refractivity contribution in [1.82, 2.24) is 9.62 Å². The molecule has 0 atom stereocenters. The molecule has 27 heavy (non-hydrogen) atoms. The number of nitrogens with zero attached hydrogens (tertiary/aromatic N) is 1. The van der Waals surface area contributed by atoms with Crippen molar-refractivity contribution in [3.05, 3.63) is 71.8 Å². The Hall–Kier alpha value is -2.38. The molecule has 1 amide bonds. The number of sulfonamides is 1. The highest BCUT2D eigenvalue weighted by Gasteiger charge is 2.25. The summed E-state index contributed by atoms with van der Waals surface area (Å²) in [4.78, 5) is 11.8. The number of nitrogens with one attached hydrogen (secondary N) is 1. The molecule has 0 bridgehead atoms. The number of rotatable bonds is 7. The molecule has 0 aliphatic rings. The third-order valence-corrected chi connectivity index (χ3v) is 5.15. The fraction of sp³-hybridized carbons (Fsp3) is 0.350. The smallest absolute Gasteiger partial charge is 0.408 e. The molecule has 0 saturated heterocycles. The van der Waals surface area contributed by atoms with Crippen LogP contribution < -0.4 is 5.32 Å². The van der Waals surface area contributed by atoms with E-state index in [0.29, 0.717) is 0 Å². The van der Waals surface area contributed by atoms with E-state index in [2.05, 4.69) is 5.32 Å². The Bertz CT molecular complexity index is 790. The third kappa shape index (κ3) is 7.40. The summed E-state index contributed by atoms with van der Waals surface area (Å²) in [5.41, 5.74) is 1.05. The lowest BCUT2D eigenvalue weighted by molar-refractivity contribution is 0.0536. The van der Waals surface area contributed by atoms with Gasteiger partial charge in [0, 0.05) is 13.1 Å². The molecule has 0 aliphatic carbocycles. The highest BCUT2D eigenvalue weighted by atomic mass is 32.2. The van der Waals surface area contributed by atoms with E-state index in [1.165, 1.54) is 4.31 Å². The monoisotopic (exact) mass is 390 g/mol. The van der Waals surface area contributed by atoms with Gasteiger partial charge in [-0.3, -0.25) is 0 Å². The van der Waals surface area contributed by atoms with Gasteiger partial charge in [-0.25, -0.2) is 13.2 Å². The predicted octanol–water partition coefficient (Wildman–Crippen LogP) is 3.50. The fourth-order valence-electron chi connectivity index (χ4n) is 2.38. The average Bonchev–Trinajstić information content (AvgIpc) is 2.60. The van der Waals surface area contributed by atoms with Gasteiger partial charge in [0.15, 0.2) is 0 Å². The van der Waals surface area contributed by atoms with Crippen LogP contribution in [0.1, 0.15) is 31.9 Å². The van der Waals surface area contributed by atoms with E-state index in [9.17, 15) is 13.2 Å². The van der Waals surface area contributed by atoms with Crippen LogP contribution in [0.15, 0.2) is 60.7 Å². The molecule has 0 aromatic heterocycles. The maximum atomic E-state index is 12.9. The molecule has 0 saturated carbocycles. The van der Waals surface area contributed by atoms with Gasteiger partial charge >= 0.3 is 6.09 Å². The summed E-state index contributed by atoms with van der Waals surface area (Å²) in [6.45, 7) is 5.59. The van der Waals surface area contributed by atoms with Crippen molar-refractivity contribution in [2.24, 2.45) is 0 Å². The van der Waals surface area contributed by atoms with Gasteiger partial charge < -0.3 is 10.1 Å². The topological polar surface area (TPSA) is 75.7 Å². The summed E-state index contributed by atoms with van der Waals surface area (Å²) in [7, 11) is -3.75. The van der Waals surface area contributed by atoms with E-state index in [1.807, 2.05) is 60.7 Å². The zero-order chi connectivity index (χ0) is 19.9. The highest BCUT2D eigenvalue weighted by Crippen LogP contribution is 2.15. The van der Waals surface area contributed by atoms with Gasteiger partial charge in [-0.15, -0.1) is 0 Å². The van der Waals surface area contributed by atoms with Crippen LogP contribution in [0.2, 0.25) is 0 Å². The maximum Gasteiger partial charge on any atom is 0.408 e. The molecule has 7 heteroatoms. The van der Waals surface area contributed by atoms with Crippen LogP contribution >= 0.6 is 0 Å². The Kier molecular flexibility index (Phi) is 6.98. The first-order valence-corrected chi connectivity index (χ1v) is 10.3. The van der Waals surface area contributed by atoms with Gasteiger partial charge in [-0.2, -0.15) is 4.31 Å². The highest BCUT2D eigenvalue weighted by molar-refractivity contribution is 7.89. The van der Waals surface area contributed by atoms with Crippen molar-refractivity contribution in [3.8, 4) is 0 Å². The number of carbonyl (C=O) groups is 1. The zero-order valence-corrected chi connectivity index (χ0v) is 16.7. The minimum Gasteiger partial charge on any atom is -0.444 e. The second-order valence-electron chi connectivity index (χ2n) is 7.17. The zero-order valence-electron chi connectivity index (χ0n) is 15.9. The molecule has 2 aromatic carbocycles. The lowest BCUT2D eigenvalue weighted by Gasteiger charge is -2.24. The first kappa shape index (κ1) is 20.9. The molecule has 2 aromatic rings. The molecule has 0 spiro atoms. The van der Waals surface area contributed by atoms with Crippen molar-refractivity contribution in [3.63, 3.8) is 0 Å². The normalized spacial score (nSPS) is 12.0. The molecule has 0 heterocycles. The number of amides is 1. The van der Waals surface area contributed by atoms with Crippen molar-refractivity contribution in [2.45, 2.75) is 39.5 Å². The van der Waals surface area contributed by atoms with E-state index in [4.69, 9.17) is 4.74 Å². The summed E-state index contributed by atoms with van der Waals surface area (Å²) >= 11 is 0. The standard InChI is InChI=1S/C20H26N2O4S/c1-20(2,3)26-19(23)21-16-27(24,25)22(14-17-10-6-4-7-11-17)15-18-12-8-5-9-13-18/h4-13H,14-16H2,1-3H3,(H,21,23). The van der Waals surface area contributed by atoms with Crippen LogP contribution in [0.4, 0.5) is 4.79 Å². The van der Waals surface area contributed by atoms with E-state index >= 15 is 0 Å². The second-order valence-corrected chi connectivity index (χ2v) is 9.14. The lowest BCUT2D eigenvalue weighted by atomic mass is 10.2. The van der Waals surface area contributed by atoms with Gasteiger partial charge in [-0.1, -0.05) is 60.7 Å². The van der Waals surface area contributed by atoms with Crippen LogP contribution in [0, 0.1) is 0 Å². The molecule has 0 aliphatic heterocycles. The first-order chi connectivity index (χ1) is 12.7. The first-order valence-electron chi connectivity index (χ1n) is 8.68. The molecular weight excluding hydrogens is 364 g/mol. The number of hydrogen-bond donors (Lipinski definition) is 1. The minimum absolute atomic E-state index is 0.216. The van der Waals surface area contributed by atoms with Crippen LogP contribution in [0.25, 0.3) is 0 Å². The number of ether oxygens (including phenoxy) is 1. The van der Waals surface area contributed by atoms with Crippen LogP contribution in [0.5, 0.6) is 0 Å². The van der Waals surface area contributed by atoms with Gasteiger partial charge in [-0.05, 0) is 31.9 Å². The van der Waals surface area contributed by atoms with Gasteiger partial charge in [0.05, 0.1) is 0 Å². The Balaban J connectivity index is 2.13. The van der Waals surface area contributed by atoms with Crippen molar-refractivity contribution < 1.29 is 17.9 Å². The molecule has 0 fully saturated rings. The third-order valence-electron chi connectivity index (χ3n) is 3.59. The summed E-state index contributed by atoms with van der Waals surface area (Å²) in [5, 5.41) is 2.34. The molecule has 2 rings (SSSR count). The van der Waals surface area contributed by atoms with E-state index in [0.717, 1.165) is 11.1 Å². The van der Waals surface area contributed by atoms with Crippen LogP contribution in [-0.4, -0.2) is 30.3 Å². The number of benzene rings is 2. The van der Waals surface area contributed by atoms with Gasteiger partial charge in [0.1, 0.15) is 11.5 Å². The molecule has 6 nitrogen and oxygen atoms in total. The van der Waals surface area contributed by atoms with Gasteiger partial charge in [0.2, 0.25) is 10.0 Å². The maximum absolute atomic E-state index is 12.9. The summed E-state index contributed by atoms with van der Waals surface area (Å²) in [6.07, 6.45) is -0.759. The van der Waals surface area contributed by atoms with E-state index in [1.54, 1.807) is 20.8 Å². The largest absolute Gasteiger partial charge is 0.444 e. The SMILES string of the molecule is CC(C)(C)OC(=O)NCS(=O)(=O)N(Cc1ccccc1)Cc1ccccc1. The Labute approximate surface area is 161 Å². The van der Waals surface area contributed by atoms with Crippen molar-refractivity contribution in [2.75, 3.05) is 5.88 Å². The van der Waals surface area contributed by atoms with Gasteiger partial charge in [0.25, 0.3) is 0 Å². The molecule has 0 radical (unpaired) electrons. The molecule has 0 unspecified atom stereocenters. The van der Waals surface area contributed by atoms with E-state index in [-0.39, 0.29) is 13.1 Å². The quantitative estimate of drug-likeness (QED) is 0.785. The summed E-state index contributed by atoms with van der Waals surface area (Å²) in [5.74, 6) is -0.526. The number of carbonyl (C=O) groups excluding carboxylic acids is 1. The Morgan fingerprint density at radius 2 is 1.37 bits per heavy atom. The van der Waals surface area contributed by atoms with Crippen molar-refractivity contribution in [1.29, 1.82) is 0 Å². The fourth-order valence-corrected chi connectivity index (χ4v) is 3.56. The Morgan fingerprint density at radius 1 is 0.926 bits per heavy atom. The lowest BCUT2D eigenvalue weighted by Crippen LogP contribution is -2.41. The average molecular weight is 391 g/mol.